The van der Waals surface area contributed by atoms with Crippen LogP contribution in [0.5, 0.6) is 0 Å². The van der Waals surface area contributed by atoms with E-state index in [4.69, 9.17) is 0 Å². The number of benzene rings is 2. The third-order valence-corrected chi connectivity index (χ3v) is 6.44. The summed E-state index contributed by atoms with van der Waals surface area (Å²) in [6.45, 7) is 11.9. The average molecular weight is 482 g/mol. The van der Waals surface area contributed by atoms with Gasteiger partial charge in [0.15, 0.2) is 0 Å². The van der Waals surface area contributed by atoms with Crippen molar-refractivity contribution in [3.63, 3.8) is 0 Å². The monoisotopic (exact) mass is 481 g/mol. The summed E-state index contributed by atoms with van der Waals surface area (Å²) in [4.78, 5) is 21.4. The van der Waals surface area contributed by atoms with Crippen molar-refractivity contribution in [1.29, 1.82) is 0 Å². The molecule has 36 heavy (non-hydrogen) atoms. The topological polar surface area (TPSA) is 78.4 Å². The number of carbonyl (C=O) groups is 1. The first-order valence-electron chi connectivity index (χ1n) is 12.6. The predicted molar refractivity (Wildman–Crippen MR) is 151 cm³/mol. The number of aromatic nitrogens is 1. The summed E-state index contributed by atoms with van der Waals surface area (Å²) in [5.41, 5.74) is 4.98. The van der Waals surface area contributed by atoms with Gasteiger partial charge in [-0.05, 0) is 112 Å². The summed E-state index contributed by atoms with van der Waals surface area (Å²) >= 11 is 0. The molecule has 4 rings (SSSR count). The summed E-state index contributed by atoms with van der Waals surface area (Å²) in [5.74, 6) is 0.897. The van der Waals surface area contributed by atoms with Gasteiger partial charge >= 0.3 is 0 Å². The van der Waals surface area contributed by atoms with Crippen LogP contribution < -0.4 is 16.0 Å². The minimum Gasteiger partial charge on any atom is -0.382 e. The van der Waals surface area contributed by atoms with E-state index < -0.39 is 0 Å². The summed E-state index contributed by atoms with van der Waals surface area (Å²) < 4.78 is 0. The third kappa shape index (κ3) is 6.46. The van der Waals surface area contributed by atoms with E-state index in [9.17, 15) is 4.79 Å². The van der Waals surface area contributed by atoms with Crippen molar-refractivity contribution >= 4 is 34.8 Å². The Bertz CT molecular complexity index is 1300. The molecule has 3 aromatic rings. The highest BCUT2D eigenvalue weighted by molar-refractivity contribution is 6.04. The molecule has 0 unspecified atom stereocenters. The van der Waals surface area contributed by atoms with Crippen molar-refractivity contribution in [2.45, 2.75) is 45.6 Å². The number of fused-ring (bicyclic) bond motifs is 1. The zero-order valence-electron chi connectivity index (χ0n) is 21.3. The summed E-state index contributed by atoms with van der Waals surface area (Å²) in [7, 11) is 0. The molecule has 0 radical (unpaired) electrons. The Balaban J connectivity index is 1.54. The lowest BCUT2D eigenvalue weighted by Crippen LogP contribution is -2.26. The van der Waals surface area contributed by atoms with Crippen molar-refractivity contribution in [2.75, 3.05) is 18.4 Å². The second-order valence-electron chi connectivity index (χ2n) is 9.63. The van der Waals surface area contributed by atoms with E-state index in [1.165, 1.54) is 5.56 Å². The van der Waals surface area contributed by atoms with Crippen molar-refractivity contribution in [2.24, 2.45) is 4.99 Å². The number of anilines is 1. The van der Waals surface area contributed by atoms with Gasteiger partial charge in [-0.1, -0.05) is 24.3 Å². The molecule has 1 saturated heterocycles. The standard InChI is InChI=1S/C30H35N5O/c1-20(2)34-28(19-31-4)14-21(3)23-8-9-26-18-33-29(17-27(26)15-23)35-30(36)25-7-5-6-24(16-25)22-10-12-32-13-11-22/h5-9,14-20,22,32,34H,4,10-13H2,1-3H3,(H,33,35,36)/b21-14+,28-19+. The molecule has 1 fully saturated rings. The van der Waals surface area contributed by atoms with Crippen LogP contribution in [0.15, 0.2) is 77.7 Å². The van der Waals surface area contributed by atoms with Gasteiger partial charge in [0, 0.05) is 29.4 Å². The minimum absolute atomic E-state index is 0.142. The lowest BCUT2D eigenvalue weighted by atomic mass is 9.89. The van der Waals surface area contributed by atoms with Crippen LogP contribution in [0.25, 0.3) is 16.3 Å². The van der Waals surface area contributed by atoms with Gasteiger partial charge in [-0.25, -0.2) is 4.98 Å². The van der Waals surface area contributed by atoms with E-state index in [1.54, 1.807) is 12.4 Å². The SMILES string of the molecule is C=N/C=C(\C=C(/C)c1ccc2cnc(NC(=O)c3cccc(C4CCNCC4)c3)cc2c1)NC(C)C. The molecule has 2 heterocycles. The van der Waals surface area contributed by atoms with Crippen LogP contribution in [0, 0.1) is 0 Å². The largest absolute Gasteiger partial charge is 0.382 e. The maximum atomic E-state index is 13.0. The van der Waals surface area contributed by atoms with Crippen LogP contribution in [0.4, 0.5) is 5.82 Å². The molecule has 0 aliphatic carbocycles. The fourth-order valence-electron chi connectivity index (χ4n) is 4.60. The minimum atomic E-state index is -0.142. The number of hydrogen-bond donors (Lipinski definition) is 3. The molecule has 1 aromatic heterocycles. The Morgan fingerprint density at radius 2 is 1.92 bits per heavy atom. The Morgan fingerprint density at radius 3 is 2.67 bits per heavy atom. The molecule has 0 bridgehead atoms. The number of rotatable bonds is 8. The molecule has 186 valence electrons. The van der Waals surface area contributed by atoms with Gasteiger partial charge in [0.2, 0.25) is 0 Å². The molecule has 0 atom stereocenters. The van der Waals surface area contributed by atoms with Crippen LogP contribution in [-0.4, -0.2) is 36.7 Å². The van der Waals surface area contributed by atoms with Gasteiger partial charge in [-0.15, -0.1) is 0 Å². The van der Waals surface area contributed by atoms with Gasteiger partial charge < -0.3 is 16.0 Å². The van der Waals surface area contributed by atoms with E-state index in [1.807, 2.05) is 30.3 Å². The molecule has 6 heteroatoms. The number of aliphatic imine (C=N–C) groups is 1. The molecule has 0 spiro atoms. The van der Waals surface area contributed by atoms with Crippen LogP contribution >= 0.6 is 0 Å². The maximum absolute atomic E-state index is 13.0. The lowest BCUT2D eigenvalue weighted by Gasteiger charge is -2.23. The Kier molecular flexibility index (Phi) is 8.28. The number of amides is 1. The van der Waals surface area contributed by atoms with Gasteiger partial charge in [-0.2, -0.15) is 0 Å². The van der Waals surface area contributed by atoms with Crippen molar-refractivity contribution in [1.82, 2.24) is 15.6 Å². The van der Waals surface area contributed by atoms with E-state index >= 15 is 0 Å². The fraction of sp³-hybridized carbons (Fsp3) is 0.300. The fourth-order valence-corrected chi connectivity index (χ4v) is 4.60. The summed E-state index contributed by atoms with van der Waals surface area (Å²) in [5, 5.41) is 11.8. The molecule has 2 aromatic carbocycles. The highest BCUT2D eigenvalue weighted by Crippen LogP contribution is 2.27. The predicted octanol–water partition coefficient (Wildman–Crippen LogP) is 5.90. The number of carbonyl (C=O) groups excluding carboxylic acids is 1. The quantitative estimate of drug-likeness (QED) is 0.277. The van der Waals surface area contributed by atoms with E-state index in [-0.39, 0.29) is 11.9 Å². The molecule has 6 nitrogen and oxygen atoms in total. The van der Waals surface area contributed by atoms with Crippen molar-refractivity contribution in [3.05, 3.63) is 89.4 Å². The summed E-state index contributed by atoms with van der Waals surface area (Å²) in [6.07, 6.45) is 7.79. The molecule has 1 amide bonds. The Hall–Kier alpha value is -3.77. The number of nitrogens with zero attached hydrogens (tertiary/aromatic N) is 2. The Labute approximate surface area is 213 Å². The van der Waals surface area contributed by atoms with Crippen molar-refractivity contribution < 1.29 is 4.79 Å². The highest BCUT2D eigenvalue weighted by atomic mass is 16.1. The smallest absolute Gasteiger partial charge is 0.256 e. The van der Waals surface area contributed by atoms with Crippen molar-refractivity contribution in [3.8, 4) is 0 Å². The van der Waals surface area contributed by atoms with E-state index in [0.29, 0.717) is 17.3 Å². The molecule has 3 N–H and O–H groups in total. The zero-order chi connectivity index (χ0) is 25.5. The second kappa shape index (κ2) is 11.8. The third-order valence-electron chi connectivity index (χ3n) is 6.44. The van der Waals surface area contributed by atoms with Gasteiger partial charge in [0.1, 0.15) is 5.82 Å². The number of nitrogens with one attached hydrogen (secondary N) is 3. The molecule has 1 aliphatic rings. The van der Waals surface area contributed by atoms with E-state index in [2.05, 4.69) is 77.7 Å². The normalized spacial score (nSPS) is 15.2. The van der Waals surface area contributed by atoms with Crippen LogP contribution in [-0.2, 0) is 0 Å². The number of pyridine rings is 1. The molecular weight excluding hydrogens is 446 g/mol. The lowest BCUT2D eigenvalue weighted by molar-refractivity contribution is 0.102. The zero-order valence-corrected chi connectivity index (χ0v) is 21.3. The first-order chi connectivity index (χ1) is 17.4. The highest BCUT2D eigenvalue weighted by Gasteiger charge is 2.17. The molecule has 0 saturated carbocycles. The first-order valence-corrected chi connectivity index (χ1v) is 12.6. The van der Waals surface area contributed by atoms with Crippen LogP contribution in [0.3, 0.4) is 0 Å². The van der Waals surface area contributed by atoms with Crippen LogP contribution in [0.1, 0.15) is 61.0 Å². The van der Waals surface area contributed by atoms with Crippen LogP contribution in [0.2, 0.25) is 0 Å². The number of allylic oxidation sites excluding steroid dienone is 2. The van der Waals surface area contributed by atoms with Gasteiger partial charge in [0.05, 0.1) is 5.70 Å². The average Bonchev–Trinajstić information content (AvgIpc) is 2.88. The molecule has 1 aliphatic heterocycles. The molecular formula is C30H35N5O. The summed E-state index contributed by atoms with van der Waals surface area (Å²) in [6, 6.07) is 16.4. The second-order valence-corrected chi connectivity index (χ2v) is 9.63. The number of hydrogen-bond acceptors (Lipinski definition) is 5. The Morgan fingerprint density at radius 1 is 1.11 bits per heavy atom. The van der Waals surface area contributed by atoms with Gasteiger partial charge in [0.25, 0.3) is 5.91 Å². The van der Waals surface area contributed by atoms with Gasteiger partial charge in [-0.3, -0.25) is 9.79 Å². The number of piperidine rings is 1. The first kappa shape index (κ1) is 25.3. The maximum Gasteiger partial charge on any atom is 0.256 e. The van der Waals surface area contributed by atoms with E-state index in [0.717, 1.165) is 53.5 Å².